The molecule has 1 aromatic rings. The van der Waals surface area contributed by atoms with Crippen molar-refractivity contribution >= 4 is 17.7 Å². The fourth-order valence-electron chi connectivity index (χ4n) is 1.92. The SMILES string of the molecule is CC(N(C)C(=O)Nc1ccccc1CC(=O)O)C(C)(C)C. The van der Waals surface area contributed by atoms with Gasteiger partial charge < -0.3 is 15.3 Å². The van der Waals surface area contributed by atoms with E-state index >= 15 is 0 Å². The van der Waals surface area contributed by atoms with Crippen LogP contribution in [0.1, 0.15) is 33.3 Å². The molecule has 1 unspecified atom stereocenters. The molecule has 0 saturated heterocycles. The highest BCUT2D eigenvalue weighted by Gasteiger charge is 2.27. The number of nitrogens with zero attached hydrogens (tertiary/aromatic N) is 1. The van der Waals surface area contributed by atoms with Crippen LogP contribution in [-0.4, -0.2) is 35.1 Å². The molecule has 2 amide bonds. The molecule has 1 aromatic carbocycles. The number of carboxylic acids is 1. The van der Waals surface area contributed by atoms with Crippen molar-refractivity contribution in [3.05, 3.63) is 29.8 Å². The molecular formula is C16H24N2O3. The van der Waals surface area contributed by atoms with Crippen molar-refractivity contribution in [3.8, 4) is 0 Å². The summed E-state index contributed by atoms with van der Waals surface area (Å²) in [5.74, 6) is -0.923. The Morgan fingerprint density at radius 3 is 2.38 bits per heavy atom. The van der Waals surface area contributed by atoms with Crippen LogP contribution in [0.3, 0.4) is 0 Å². The molecule has 0 aromatic heterocycles. The number of carboxylic acid groups (broad SMARTS) is 1. The molecule has 2 N–H and O–H groups in total. The molecule has 0 spiro atoms. The molecule has 0 fully saturated rings. The summed E-state index contributed by atoms with van der Waals surface area (Å²) in [6, 6.07) is 6.76. The van der Waals surface area contributed by atoms with E-state index in [1.54, 1.807) is 36.2 Å². The summed E-state index contributed by atoms with van der Waals surface area (Å²) in [7, 11) is 1.74. The van der Waals surface area contributed by atoms with Crippen LogP contribution in [0.4, 0.5) is 10.5 Å². The summed E-state index contributed by atoms with van der Waals surface area (Å²) < 4.78 is 0. The van der Waals surface area contributed by atoms with E-state index in [-0.39, 0.29) is 23.9 Å². The number of hydrogen-bond acceptors (Lipinski definition) is 2. The molecule has 0 aliphatic carbocycles. The zero-order valence-electron chi connectivity index (χ0n) is 13.3. The Labute approximate surface area is 126 Å². The molecule has 0 heterocycles. The fourth-order valence-corrected chi connectivity index (χ4v) is 1.92. The van der Waals surface area contributed by atoms with Crippen molar-refractivity contribution in [2.75, 3.05) is 12.4 Å². The lowest BCUT2D eigenvalue weighted by molar-refractivity contribution is -0.136. The topological polar surface area (TPSA) is 69.6 Å². The summed E-state index contributed by atoms with van der Waals surface area (Å²) in [6.07, 6.45) is -0.116. The maximum Gasteiger partial charge on any atom is 0.321 e. The third-order valence-electron chi connectivity index (χ3n) is 3.76. The Morgan fingerprint density at radius 1 is 1.29 bits per heavy atom. The number of amides is 2. The maximum atomic E-state index is 12.3. The fraction of sp³-hybridized carbons (Fsp3) is 0.500. The van der Waals surface area contributed by atoms with Crippen LogP contribution in [0.25, 0.3) is 0 Å². The third kappa shape index (κ3) is 4.77. The van der Waals surface area contributed by atoms with Gasteiger partial charge in [-0.15, -0.1) is 0 Å². The first-order chi connectivity index (χ1) is 9.62. The lowest BCUT2D eigenvalue weighted by atomic mass is 9.87. The lowest BCUT2D eigenvalue weighted by Crippen LogP contribution is -2.45. The molecule has 21 heavy (non-hydrogen) atoms. The molecule has 1 rings (SSSR count). The second-order valence-electron chi connectivity index (χ2n) is 6.31. The molecule has 0 bridgehead atoms. The van der Waals surface area contributed by atoms with Gasteiger partial charge in [0.05, 0.1) is 6.42 Å². The summed E-state index contributed by atoms with van der Waals surface area (Å²) in [4.78, 5) is 24.8. The molecular weight excluding hydrogens is 268 g/mol. The predicted octanol–water partition coefficient (Wildman–Crippen LogP) is 3.21. The van der Waals surface area contributed by atoms with Crippen LogP contribution in [0.5, 0.6) is 0 Å². The number of hydrogen-bond donors (Lipinski definition) is 2. The van der Waals surface area contributed by atoms with Crippen LogP contribution in [0.15, 0.2) is 24.3 Å². The van der Waals surface area contributed by atoms with Crippen molar-refractivity contribution in [2.45, 2.75) is 40.2 Å². The van der Waals surface area contributed by atoms with Crippen LogP contribution < -0.4 is 5.32 Å². The predicted molar refractivity (Wildman–Crippen MR) is 83.5 cm³/mol. The number of carbonyl (C=O) groups excluding carboxylic acids is 1. The quantitative estimate of drug-likeness (QED) is 0.895. The minimum absolute atomic E-state index is 0.0350. The van der Waals surface area contributed by atoms with E-state index in [9.17, 15) is 9.59 Å². The van der Waals surface area contributed by atoms with E-state index in [0.29, 0.717) is 11.3 Å². The molecule has 0 saturated carbocycles. The molecule has 0 aliphatic rings. The Balaban J connectivity index is 2.86. The number of benzene rings is 1. The summed E-state index contributed by atoms with van der Waals surface area (Å²) in [6.45, 7) is 8.20. The molecule has 1 atom stereocenters. The van der Waals surface area contributed by atoms with Crippen LogP contribution in [0.2, 0.25) is 0 Å². The summed E-state index contributed by atoms with van der Waals surface area (Å²) in [5, 5.41) is 11.7. The molecule has 0 aliphatic heterocycles. The molecule has 5 nitrogen and oxygen atoms in total. The zero-order chi connectivity index (χ0) is 16.2. The second kappa shape index (κ2) is 6.61. The highest BCUT2D eigenvalue weighted by Crippen LogP contribution is 2.24. The Hall–Kier alpha value is -2.04. The van der Waals surface area contributed by atoms with E-state index in [1.807, 2.05) is 6.92 Å². The average molecular weight is 292 g/mol. The minimum Gasteiger partial charge on any atom is -0.481 e. The summed E-state index contributed by atoms with van der Waals surface area (Å²) in [5.41, 5.74) is 1.10. The summed E-state index contributed by atoms with van der Waals surface area (Å²) >= 11 is 0. The Kier molecular flexibility index (Phi) is 5.35. The number of nitrogens with one attached hydrogen (secondary N) is 1. The van der Waals surface area contributed by atoms with Crippen molar-refractivity contribution in [1.29, 1.82) is 0 Å². The highest BCUT2D eigenvalue weighted by molar-refractivity contribution is 5.91. The van der Waals surface area contributed by atoms with E-state index in [2.05, 4.69) is 26.1 Å². The first kappa shape index (κ1) is 17.0. The van der Waals surface area contributed by atoms with Gasteiger partial charge in [0.2, 0.25) is 0 Å². The minimum atomic E-state index is -0.923. The van der Waals surface area contributed by atoms with E-state index in [4.69, 9.17) is 5.11 Å². The van der Waals surface area contributed by atoms with Crippen LogP contribution in [0, 0.1) is 5.41 Å². The Morgan fingerprint density at radius 2 is 1.86 bits per heavy atom. The van der Waals surface area contributed by atoms with Gasteiger partial charge in [0, 0.05) is 18.8 Å². The van der Waals surface area contributed by atoms with Gasteiger partial charge in [-0.3, -0.25) is 4.79 Å². The lowest BCUT2D eigenvalue weighted by Gasteiger charge is -2.35. The Bertz CT molecular complexity index is 520. The number of para-hydroxylation sites is 1. The smallest absolute Gasteiger partial charge is 0.321 e. The normalized spacial score (nSPS) is 12.6. The molecule has 0 radical (unpaired) electrons. The van der Waals surface area contributed by atoms with Gasteiger partial charge in [0.1, 0.15) is 0 Å². The molecule has 116 valence electrons. The van der Waals surface area contributed by atoms with Gasteiger partial charge >= 0.3 is 12.0 Å². The first-order valence-electron chi connectivity index (χ1n) is 6.96. The van der Waals surface area contributed by atoms with Crippen molar-refractivity contribution in [2.24, 2.45) is 5.41 Å². The maximum absolute atomic E-state index is 12.3. The van der Waals surface area contributed by atoms with E-state index < -0.39 is 5.97 Å². The van der Waals surface area contributed by atoms with E-state index in [1.165, 1.54) is 0 Å². The van der Waals surface area contributed by atoms with Crippen molar-refractivity contribution in [3.63, 3.8) is 0 Å². The number of anilines is 1. The third-order valence-corrected chi connectivity index (χ3v) is 3.76. The van der Waals surface area contributed by atoms with Crippen LogP contribution >= 0.6 is 0 Å². The zero-order valence-corrected chi connectivity index (χ0v) is 13.3. The van der Waals surface area contributed by atoms with Gasteiger partial charge in [-0.25, -0.2) is 4.79 Å². The highest BCUT2D eigenvalue weighted by atomic mass is 16.4. The van der Waals surface area contributed by atoms with E-state index in [0.717, 1.165) is 0 Å². The van der Waals surface area contributed by atoms with Gasteiger partial charge in [0.25, 0.3) is 0 Å². The first-order valence-corrected chi connectivity index (χ1v) is 6.96. The second-order valence-corrected chi connectivity index (χ2v) is 6.31. The van der Waals surface area contributed by atoms with Crippen molar-refractivity contribution in [1.82, 2.24) is 4.90 Å². The van der Waals surface area contributed by atoms with Gasteiger partial charge in [-0.1, -0.05) is 39.0 Å². The van der Waals surface area contributed by atoms with Gasteiger partial charge in [-0.05, 0) is 24.0 Å². The van der Waals surface area contributed by atoms with Crippen molar-refractivity contribution < 1.29 is 14.7 Å². The average Bonchev–Trinajstić information content (AvgIpc) is 2.37. The van der Waals surface area contributed by atoms with Gasteiger partial charge in [0.15, 0.2) is 0 Å². The van der Waals surface area contributed by atoms with Crippen LogP contribution in [-0.2, 0) is 11.2 Å². The standard InChI is InChI=1S/C16H24N2O3/c1-11(16(2,3)4)18(5)15(21)17-13-9-7-6-8-12(13)10-14(19)20/h6-9,11H,10H2,1-5H3,(H,17,21)(H,19,20). The number of aliphatic carboxylic acids is 1. The molecule has 5 heteroatoms. The largest absolute Gasteiger partial charge is 0.481 e. The monoisotopic (exact) mass is 292 g/mol. The number of carbonyl (C=O) groups is 2. The number of rotatable bonds is 4. The van der Waals surface area contributed by atoms with Gasteiger partial charge in [-0.2, -0.15) is 0 Å². The number of urea groups is 1.